The lowest BCUT2D eigenvalue weighted by atomic mass is 9.59. The van der Waals surface area contributed by atoms with Crippen LogP contribution in [0.25, 0.3) is 0 Å². The fourth-order valence-corrected chi connectivity index (χ4v) is 3.93. The van der Waals surface area contributed by atoms with Crippen molar-refractivity contribution in [2.45, 2.75) is 24.7 Å². The van der Waals surface area contributed by atoms with Crippen LogP contribution < -0.4 is 0 Å². The lowest BCUT2D eigenvalue weighted by Gasteiger charge is -2.45. The minimum absolute atomic E-state index is 0.127. The molecule has 0 radical (unpaired) electrons. The third kappa shape index (κ3) is 1.43. The summed E-state index contributed by atoms with van der Waals surface area (Å²) >= 11 is 0. The fraction of sp³-hybridized carbons (Fsp3) is 0.294. The SMILES string of the molecule is FC(F)C1CC2c3ccccc3C1c1ccccc12. The molecule has 1 atom stereocenters. The first-order valence-electron chi connectivity index (χ1n) is 6.73. The number of hydrogen-bond acceptors (Lipinski definition) is 0. The van der Waals surface area contributed by atoms with Gasteiger partial charge >= 0.3 is 0 Å². The van der Waals surface area contributed by atoms with Gasteiger partial charge in [0.05, 0.1) is 0 Å². The Labute approximate surface area is 111 Å². The van der Waals surface area contributed by atoms with Crippen molar-refractivity contribution in [1.29, 1.82) is 0 Å². The monoisotopic (exact) mass is 256 g/mol. The zero-order chi connectivity index (χ0) is 13.0. The van der Waals surface area contributed by atoms with Gasteiger partial charge < -0.3 is 0 Å². The van der Waals surface area contributed by atoms with E-state index in [4.69, 9.17) is 0 Å². The standard InChI is InChI=1S/C17H14F2/c18-17(19)15-9-14-10-5-1-3-7-12(10)16(15)13-8-4-2-6-11(13)14/h1-8,14-17H,9H2. The molecule has 3 aliphatic carbocycles. The van der Waals surface area contributed by atoms with Crippen LogP contribution in [-0.4, -0.2) is 6.43 Å². The van der Waals surface area contributed by atoms with Crippen molar-refractivity contribution in [1.82, 2.24) is 0 Å². The van der Waals surface area contributed by atoms with Crippen LogP contribution in [0.4, 0.5) is 8.78 Å². The van der Waals surface area contributed by atoms with Gasteiger partial charge in [-0.2, -0.15) is 0 Å². The highest BCUT2D eigenvalue weighted by Gasteiger charge is 2.46. The van der Waals surface area contributed by atoms with Gasteiger partial charge in [0.25, 0.3) is 0 Å². The quantitative estimate of drug-likeness (QED) is 0.702. The first-order chi connectivity index (χ1) is 9.27. The molecule has 19 heavy (non-hydrogen) atoms. The molecule has 0 spiro atoms. The minimum Gasteiger partial charge on any atom is -0.210 e. The molecule has 1 unspecified atom stereocenters. The molecule has 0 fully saturated rings. The highest BCUT2D eigenvalue weighted by Crippen LogP contribution is 2.56. The summed E-state index contributed by atoms with van der Waals surface area (Å²) in [6.07, 6.45) is -1.66. The fourth-order valence-electron chi connectivity index (χ4n) is 3.93. The van der Waals surface area contributed by atoms with Gasteiger partial charge in [-0.1, -0.05) is 48.5 Å². The van der Waals surface area contributed by atoms with Crippen LogP contribution >= 0.6 is 0 Å². The molecule has 0 aromatic heterocycles. The van der Waals surface area contributed by atoms with Crippen molar-refractivity contribution in [3.05, 3.63) is 70.8 Å². The zero-order valence-electron chi connectivity index (χ0n) is 10.4. The van der Waals surface area contributed by atoms with Gasteiger partial charge in [0.2, 0.25) is 6.43 Å². The normalized spacial score (nSPS) is 27.2. The summed E-state index contributed by atoms with van der Waals surface area (Å²) < 4.78 is 26.7. The molecular weight excluding hydrogens is 242 g/mol. The van der Waals surface area contributed by atoms with Crippen LogP contribution in [0.1, 0.15) is 40.5 Å². The predicted molar refractivity (Wildman–Crippen MR) is 70.7 cm³/mol. The van der Waals surface area contributed by atoms with Crippen LogP contribution in [0.2, 0.25) is 0 Å². The Morgan fingerprint density at radius 2 is 1.26 bits per heavy atom. The highest BCUT2D eigenvalue weighted by molar-refractivity contribution is 5.55. The van der Waals surface area contributed by atoms with Crippen molar-refractivity contribution in [3.63, 3.8) is 0 Å². The molecule has 0 N–H and O–H groups in total. The Balaban J connectivity index is 1.98. The smallest absolute Gasteiger partial charge is 0.210 e. The van der Waals surface area contributed by atoms with Crippen molar-refractivity contribution in [2.75, 3.05) is 0 Å². The van der Waals surface area contributed by atoms with E-state index in [1.807, 2.05) is 36.4 Å². The number of hydrogen-bond donors (Lipinski definition) is 0. The van der Waals surface area contributed by atoms with Crippen LogP contribution in [0.5, 0.6) is 0 Å². The van der Waals surface area contributed by atoms with E-state index in [1.165, 1.54) is 11.1 Å². The van der Waals surface area contributed by atoms with E-state index < -0.39 is 12.3 Å². The molecule has 2 aromatic rings. The van der Waals surface area contributed by atoms with Gasteiger partial charge in [-0.15, -0.1) is 0 Å². The maximum absolute atomic E-state index is 13.4. The number of halogens is 2. The molecule has 0 amide bonds. The van der Waals surface area contributed by atoms with Crippen LogP contribution in [0, 0.1) is 5.92 Å². The summed E-state index contributed by atoms with van der Waals surface area (Å²) in [5.74, 6) is -0.511. The lowest BCUT2D eigenvalue weighted by molar-refractivity contribution is 0.0523. The Morgan fingerprint density at radius 1 is 0.789 bits per heavy atom. The summed E-state index contributed by atoms with van der Waals surface area (Å²) in [5.41, 5.74) is 4.73. The molecular formula is C17H14F2. The van der Waals surface area contributed by atoms with Crippen LogP contribution in [0.15, 0.2) is 48.5 Å². The van der Waals surface area contributed by atoms with E-state index >= 15 is 0 Å². The molecule has 0 aliphatic heterocycles. The zero-order valence-corrected chi connectivity index (χ0v) is 10.4. The molecule has 2 heteroatoms. The number of fused-ring (bicyclic) bond motifs is 1. The average molecular weight is 256 g/mol. The molecule has 0 heterocycles. The maximum Gasteiger partial charge on any atom is 0.242 e. The topological polar surface area (TPSA) is 0 Å². The van der Waals surface area contributed by atoms with Gasteiger partial charge in [0.15, 0.2) is 0 Å². The Kier molecular flexibility index (Phi) is 2.29. The Bertz CT molecular complexity index is 585. The summed E-state index contributed by atoms with van der Waals surface area (Å²) in [5, 5.41) is 0. The van der Waals surface area contributed by atoms with Gasteiger partial charge in [-0.25, -0.2) is 8.78 Å². The maximum atomic E-state index is 13.4. The van der Waals surface area contributed by atoms with Crippen LogP contribution in [-0.2, 0) is 0 Å². The van der Waals surface area contributed by atoms with E-state index in [1.54, 1.807) is 0 Å². The molecule has 0 nitrogen and oxygen atoms in total. The molecule has 3 aliphatic rings. The van der Waals surface area contributed by atoms with Gasteiger partial charge in [0, 0.05) is 17.8 Å². The lowest BCUT2D eigenvalue weighted by Crippen LogP contribution is -2.35. The number of rotatable bonds is 1. The molecule has 0 saturated heterocycles. The van der Waals surface area contributed by atoms with E-state index in [2.05, 4.69) is 12.1 Å². The summed E-state index contributed by atoms with van der Waals surface area (Å²) in [6.45, 7) is 0. The van der Waals surface area contributed by atoms with Crippen molar-refractivity contribution in [3.8, 4) is 0 Å². The second-order valence-electron chi connectivity index (χ2n) is 5.52. The molecule has 2 bridgehead atoms. The molecule has 0 saturated carbocycles. The van der Waals surface area contributed by atoms with E-state index in [-0.39, 0.29) is 11.8 Å². The highest BCUT2D eigenvalue weighted by atomic mass is 19.3. The Hall–Kier alpha value is -1.70. The van der Waals surface area contributed by atoms with Crippen molar-refractivity contribution < 1.29 is 8.78 Å². The van der Waals surface area contributed by atoms with E-state index in [0.29, 0.717) is 6.42 Å². The van der Waals surface area contributed by atoms with Gasteiger partial charge in [-0.3, -0.25) is 0 Å². The molecule has 5 rings (SSSR count). The molecule has 96 valence electrons. The largest absolute Gasteiger partial charge is 0.242 e. The first-order valence-corrected chi connectivity index (χ1v) is 6.73. The second-order valence-corrected chi connectivity index (χ2v) is 5.52. The van der Waals surface area contributed by atoms with Gasteiger partial charge in [-0.05, 0) is 28.7 Å². The Morgan fingerprint density at radius 3 is 1.74 bits per heavy atom. The summed E-state index contributed by atoms with van der Waals surface area (Å²) in [4.78, 5) is 0. The third-order valence-corrected chi connectivity index (χ3v) is 4.67. The summed E-state index contributed by atoms with van der Waals surface area (Å²) in [7, 11) is 0. The van der Waals surface area contributed by atoms with Gasteiger partial charge in [0.1, 0.15) is 0 Å². The summed E-state index contributed by atoms with van der Waals surface area (Å²) in [6, 6.07) is 16.2. The van der Waals surface area contributed by atoms with E-state index in [0.717, 1.165) is 11.1 Å². The average Bonchev–Trinajstić information content (AvgIpc) is 2.47. The number of benzene rings is 2. The van der Waals surface area contributed by atoms with Crippen molar-refractivity contribution in [2.24, 2.45) is 5.92 Å². The second kappa shape index (κ2) is 3.89. The number of alkyl halides is 2. The predicted octanol–water partition coefficient (Wildman–Crippen LogP) is 4.55. The first kappa shape index (κ1) is 11.2. The molecule has 2 aromatic carbocycles. The third-order valence-electron chi connectivity index (χ3n) is 4.67. The minimum atomic E-state index is -2.24. The van der Waals surface area contributed by atoms with Crippen LogP contribution in [0.3, 0.4) is 0 Å². The van der Waals surface area contributed by atoms with Crippen molar-refractivity contribution >= 4 is 0 Å². The van der Waals surface area contributed by atoms with E-state index in [9.17, 15) is 8.78 Å².